The number of hydrogen-bond acceptors (Lipinski definition) is 5. The number of anilines is 1. The zero-order valence-electron chi connectivity index (χ0n) is 14.6. The van der Waals surface area contributed by atoms with Crippen molar-refractivity contribution < 1.29 is 24.2 Å². The summed E-state index contributed by atoms with van der Waals surface area (Å²) in [5.74, 6) is -2.56. The Morgan fingerprint density at radius 3 is 2.44 bits per heavy atom. The van der Waals surface area contributed by atoms with Crippen LogP contribution in [0.25, 0.3) is 0 Å². The van der Waals surface area contributed by atoms with E-state index in [1.165, 1.54) is 11.3 Å². The van der Waals surface area contributed by atoms with Crippen LogP contribution in [0.3, 0.4) is 0 Å². The molecule has 2 N–H and O–H groups in total. The zero-order valence-corrected chi connectivity index (χ0v) is 15.4. The van der Waals surface area contributed by atoms with Gasteiger partial charge in [-0.1, -0.05) is 0 Å². The number of rotatable bonds is 5. The molecule has 136 valence electrons. The third-order valence-electron chi connectivity index (χ3n) is 5.61. The highest BCUT2D eigenvalue weighted by molar-refractivity contribution is 7.16. The summed E-state index contributed by atoms with van der Waals surface area (Å²) in [4.78, 5) is 37.7. The molecule has 1 aromatic heterocycles. The van der Waals surface area contributed by atoms with Gasteiger partial charge in [0, 0.05) is 4.88 Å². The monoisotopic (exact) mass is 365 g/mol. The highest BCUT2D eigenvalue weighted by Crippen LogP contribution is 2.52. The number of carboxylic acids is 1. The van der Waals surface area contributed by atoms with Gasteiger partial charge in [0.25, 0.3) is 0 Å². The smallest absolute Gasteiger partial charge is 0.341 e. The summed E-state index contributed by atoms with van der Waals surface area (Å²) in [6, 6.07) is 0. The molecule has 7 heteroatoms. The Labute approximate surface area is 150 Å². The Morgan fingerprint density at radius 1 is 1.20 bits per heavy atom. The van der Waals surface area contributed by atoms with E-state index in [2.05, 4.69) is 5.32 Å². The van der Waals surface area contributed by atoms with E-state index in [0.29, 0.717) is 10.6 Å². The third-order valence-corrected chi connectivity index (χ3v) is 6.73. The topological polar surface area (TPSA) is 92.7 Å². The maximum absolute atomic E-state index is 12.9. The van der Waals surface area contributed by atoms with Gasteiger partial charge in [-0.15, -0.1) is 11.3 Å². The fourth-order valence-corrected chi connectivity index (χ4v) is 5.43. The van der Waals surface area contributed by atoms with Gasteiger partial charge in [0.2, 0.25) is 5.91 Å². The van der Waals surface area contributed by atoms with Gasteiger partial charge >= 0.3 is 11.9 Å². The molecular weight excluding hydrogens is 342 g/mol. The summed E-state index contributed by atoms with van der Waals surface area (Å²) in [5, 5.41) is 12.8. The van der Waals surface area contributed by atoms with Crippen LogP contribution < -0.4 is 5.32 Å². The first kappa shape index (κ1) is 17.9. The van der Waals surface area contributed by atoms with Crippen molar-refractivity contribution in [2.24, 2.45) is 23.7 Å². The van der Waals surface area contributed by atoms with Gasteiger partial charge < -0.3 is 15.2 Å². The second-order valence-corrected chi connectivity index (χ2v) is 8.14. The van der Waals surface area contributed by atoms with Crippen LogP contribution in [0, 0.1) is 37.5 Å². The number of amides is 1. The molecule has 0 aliphatic heterocycles. The molecule has 3 rings (SSSR count). The van der Waals surface area contributed by atoms with E-state index in [1.807, 2.05) is 13.8 Å². The first-order chi connectivity index (χ1) is 11.8. The number of hydrogen-bond donors (Lipinski definition) is 2. The maximum atomic E-state index is 12.9. The van der Waals surface area contributed by atoms with Crippen molar-refractivity contribution in [3.63, 3.8) is 0 Å². The average Bonchev–Trinajstić information content (AvgIpc) is 3.21. The van der Waals surface area contributed by atoms with Crippen molar-refractivity contribution in [3.8, 4) is 0 Å². The summed E-state index contributed by atoms with van der Waals surface area (Å²) in [6.07, 6.45) is 2.60. The molecule has 1 heterocycles. The van der Waals surface area contributed by atoms with E-state index in [4.69, 9.17) is 4.74 Å². The average molecular weight is 365 g/mol. The van der Waals surface area contributed by atoms with E-state index in [9.17, 15) is 19.5 Å². The molecule has 2 saturated carbocycles. The SMILES string of the molecule is CCOC(=O)c1c(NC(=O)[C@@H]2[C@H]3CC[C@@H](C3)[C@H]2C(=O)O)sc(C)c1C. The zero-order chi connectivity index (χ0) is 18.3. The molecule has 25 heavy (non-hydrogen) atoms. The predicted octanol–water partition coefficient (Wildman–Crippen LogP) is 3.23. The second kappa shape index (κ2) is 6.78. The molecule has 1 amide bonds. The lowest BCUT2D eigenvalue weighted by atomic mass is 9.79. The normalized spacial score (nSPS) is 27.3. The molecule has 6 nitrogen and oxygen atoms in total. The lowest BCUT2D eigenvalue weighted by Crippen LogP contribution is -2.38. The molecule has 0 spiro atoms. The predicted molar refractivity (Wildman–Crippen MR) is 93.8 cm³/mol. The number of nitrogens with one attached hydrogen (secondary N) is 1. The van der Waals surface area contributed by atoms with Crippen LogP contribution in [0.2, 0.25) is 0 Å². The molecule has 2 bridgehead atoms. The van der Waals surface area contributed by atoms with E-state index >= 15 is 0 Å². The van der Waals surface area contributed by atoms with Crippen molar-refractivity contribution in [2.75, 3.05) is 11.9 Å². The number of ether oxygens (including phenoxy) is 1. The van der Waals surface area contributed by atoms with Crippen LogP contribution in [-0.2, 0) is 14.3 Å². The molecular formula is C18H23NO5S. The summed E-state index contributed by atoms with van der Waals surface area (Å²) in [6.45, 7) is 5.70. The van der Waals surface area contributed by atoms with Crippen LogP contribution in [0.1, 0.15) is 47.0 Å². The van der Waals surface area contributed by atoms with Crippen LogP contribution in [0.15, 0.2) is 0 Å². The van der Waals surface area contributed by atoms with E-state index in [0.717, 1.165) is 29.7 Å². The number of fused-ring (bicyclic) bond motifs is 2. The van der Waals surface area contributed by atoms with Crippen molar-refractivity contribution in [2.45, 2.75) is 40.0 Å². The number of esters is 1. The lowest BCUT2D eigenvalue weighted by molar-refractivity contribution is -0.148. The molecule has 2 aliphatic rings. The van der Waals surface area contributed by atoms with Gasteiger partial charge in [0.15, 0.2) is 0 Å². The van der Waals surface area contributed by atoms with Gasteiger partial charge in [0.05, 0.1) is 24.0 Å². The number of thiophene rings is 1. The van der Waals surface area contributed by atoms with Gasteiger partial charge in [-0.3, -0.25) is 9.59 Å². The van der Waals surface area contributed by atoms with Crippen molar-refractivity contribution in [3.05, 3.63) is 16.0 Å². The first-order valence-corrected chi connectivity index (χ1v) is 9.47. The molecule has 0 radical (unpaired) electrons. The van der Waals surface area contributed by atoms with Crippen molar-refractivity contribution >= 4 is 34.2 Å². The maximum Gasteiger partial charge on any atom is 0.341 e. The van der Waals surface area contributed by atoms with Gasteiger partial charge in [0.1, 0.15) is 5.00 Å². The Balaban J connectivity index is 1.85. The minimum Gasteiger partial charge on any atom is -0.481 e. The Hall–Kier alpha value is -1.89. The van der Waals surface area contributed by atoms with Gasteiger partial charge in [-0.25, -0.2) is 4.79 Å². The molecule has 0 saturated heterocycles. The molecule has 0 unspecified atom stereocenters. The fraction of sp³-hybridized carbons (Fsp3) is 0.611. The van der Waals surface area contributed by atoms with Crippen molar-refractivity contribution in [1.82, 2.24) is 0 Å². The number of aliphatic carboxylic acids is 1. The van der Waals surface area contributed by atoms with Crippen LogP contribution in [0.4, 0.5) is 5.00 Å². The Morgan fingerprint density at radius 2 is 1.84 bits per heavy atom. The van der Waals surface area contributed by atoms with Crippen LogP contribution in [-0.4, -0.2) is 29.6 Å². The van der Waals surface area contributed by atoms with Crippen LogP contribution >= 0.6 is 11.3 Å². The molecule has 1 aromatic rings. The fourth-order valence-electron chi connectivity index (χ4n) is 4.38. The summed E-state index contributed by atoms with van der Waals surface area (Å²) in [7, 11) is 0. The Kier molecular flexibility index (Phi) is 4.86. The Bertz CT molecular complexity index is 725. The molecule has 4 atom stereocenters. The largest absolute Gasteiger partial charge is 0.481 e. The lowest BCUT2D eigenvalue weighted by Gasteiger charge is -2.26. The van der Waals surface area contributed by atoms with Gasteiger partial charge in [-0.05, 0) is 57.4 Å². The first-order valence-electron chi connectivity index (χ1n) is 8.65. The number of carbonyl (C=O) groups excluding carboxylic acids is 2. The number of carboxylic acid groups (broad SMARTS) is 1. The van der Waals surface area contributed by atoms with E-state index < -0.39 is 23.8 Å². The second-order valence-electron chi connectivity index (χ2n) is 6.92. The highest BCUT2D eigenvalue weighted by Gasteiger charge is 2.54. The standard InChI is InChI=1S/C18H23NO5S/c1-4-24-18(23)12-8(2)9(3)25-16(12)19-15(20)13-10-5-6-11(7-10)14(13)17(21)22/h10-11,13-14H,4-7H2,1-3H3,(H,19,20)(H,21,22)/t10-,11-,13+,14+/m0/s1. The van der Waals surface area contributed by atoms with E-state index in [1.54, 1.807) is 6.92 Å². The summed E-state index contributed by atoms with van der Waals surface area (Å²) < 4.78 is 5.10. The number of carbonyl (C=O) groups is 3. The third kappa shape index (κ3) is 3.05. The molecule has 2 fully saturated rings. The minimum absolute atomic E-state index is 0.0922. The molecule has 0 aromatic carbocycles. The minimum atomic E-state index is -0.892. The van der Waals surface area contributed by atoms with Crippen molar-refractivity contribution in [1.29, 1.82) is 0 Å². The quantitative estimate of drug-likeness (QED) is 0.782. The summed E-state index contributed by atoms with van der Waals surface area (Å²) >= 11 is 1.33. The number of aryl methyl sites for hydroxylation is 1. The van der Waals surface area contributed by atoms with E-state index in [-0.39, 0.29) is 24.3 Å². The highest BCUT2D eigenvalue weighted by atomic mass is 32.1. The van der Waals surface area contributed by atoms with Gasteiger partial charge in [-0.2, -0.15) is 0 Å². The molecule has 2 aliphatic carbocycles. The summed E-state index contributed by atoms with van der Waals surface area (Å²) in [5.41, 5.74) is 1.18. The van der Waals surface area contributed by atoms with Crippen LogP contribution in [0.5, 0.6) is 0 Å².